The summed E-state index contributed by atoms with van der Waals surface area (Å²) in [5.74, 6) is 1.87. The lowest BCUT2D eigenvalue weighted by atomic mass is 10.6. The van der Waals surface area contributed by atoms with Gasteiger partial charge in [-0.2, -0.15) is 0 Å². The molecule has 1 saturated carbocycles. The van der Waals surface area contributed by atoms with Gasteiger partial charge in [0.15, 0.2) is 5.96 Å². The maximum atomic E-state index is 5.64. The second-order valence-corrected chi connectivity index (χ2v) is 3.48. The van der Waals surface area contributed by atoms with Crippen LogP contribution in [0.3, 0.4) is 0 Å². The molecule has 5 heteroatoms. The molecule has 14 heavy (non-hydrogen) atoms. The highest BCUT2D eigenvalue weighted by Gasteiger charge is 2.21. The van der Waals surface area contributed by atoms with E-state index >= 15 is 0 Å². The minimum atomic E-state index is 0.402. The average molecular weight is 194 g/mol. The number of guanidine groups is 1. The molecule has 0 aromatic carbocycles. The van der Waals surface area contributed by atoms with Gasteiger partial charge in [-0.25, -0.2) is 9.98 Å². The van der Waals surface area contributed by atoms with Crippen molar-refractivity contribution in [3.05, 3.63) is 17.8 Å². The Kier molecular flexibility index (Phi) is 2.39. The SMILES string of the molecule is Cc1cnc(CN=C(N)NC2CC2)o1. The van der Waals surface area contributed by atoms with Gasteiger partial charge in [0.05, 0.1) is 6.20 Å². The van der Waals surface area contributed by atoms with Crippen LogP contribution in [0.25, 0.3) is 0 Å². The fraction of sp³-hybridized carbons (Fsp3) is 0.556. The first-order valence-corrected chi connectivity index (χ1v) is 4.72. The summed E-state index contributed by atoms with van der Waals surface area (Å²) in [4.78, 5) is 8.14. The number of aliphatic imine (C=N–C) groups is 1. The molecule has 0 saturated heterocycles. The Bertz CT molecular complexity index is 340. The number of hydrogen-bond donors (Lipinski definition) is 2. The number of oxazole rings is 1. The first-order valence-electron chi connectivity index (χ1n) is 4.72. The molecule has 1 aliphatic rings. The zero-order valence-electron chi connectivity index (χ0n) is 8.16. The molecule has 5 nitrogen and oxygen atoms in total. The van der Waals surface area contributed by atoms with Crippen LogP contribution in [-0.4, -0.2) is 17.0 Å². The van der Waals surface area contributed by atoms with Crippen LogP contribution < -0.4 is 11.1 Å². The minimum Gasteiger partial charge on any atom is -0.444 e. The average Bonchev–Trinajstić information content (AvgIpc) is 2.85. The Morgan fingerprint density at radius 3 is 3.14 bits per heavy atom. The molecule has 0 spiro atoms. The van der Waals surface area contributed by atoms with E-state index in [1.165, 1.54) is 12.8 Å². The monoisotopic (exact) mass is 194 g/mol. The van der Waals surface area contributed by atoms with E-state index in [4.69, 9.17) is 10.2 Å². The summed E-state index contributed by atoms with van der Waals surface area (Å²) in [6, 6.07) is 0.532. The Balaban J connectivity index is 1.84. The lowest BCUT2D eigenvalue weighted by Crippen LogP contribution is -2.33. The number of aryl methyl sites for hydroxylation is 1. The Labute approximate surface area is 82.4 Å². The van der Waals surface area contributed by atoms with Crippen LogP contribution >= 0.6 is 0 Å². The van der Waals surface area contributed by atoms with Gasteiger partial charge in [-0.1, -0.05) is 0 Å². The van der Waals surface area contributed by atoms with Gasteiger partial charge in [-0.3, -0.25) is 0 Å². The number of aromatic nitrogens is 1. The Hall–Kier alpha value is -1.52. The van der Waals surface area contributed by atoms with Crippen molar-refractivity contribution < 1.29 is 4.42 Å². The predicted molar refractivity (Wildman–Crippen MR) is 52.7 cm³/mol. The van der Waals surface area contributed by atoms with Gasteiger partial charge in [0.2, 0.25) is 5.89 Å². The van der Waals surface area contributed by atoms with E-state index < -0.39 is 0 Å². The molecule has 1 heterocycles. The lowest BCUT2D eigenvalue weighted by molar-refractivity contribution is 0.473. The van der Waals surface area contributed by atoms with E-state index in [0.717, 1.165) is 5.76 Å². The lowest BCUT2D eigenvalue weighted by Gasteiger charge is -2.00. The van der Waals surface area contributed by atoms with E-state index in [1.54, 1.807) is 6.20 Å². The van der Waals surface area contributed by atoms with Gasteiger partial charge < -0.3 is 15.5 Å². The van der Waals surface area contributed by atoms with E-state index in [-0.39, 0.29) is 0 Å². The number of hydrogen-bond acceptors (Lipinski definition) is 3. The molecule has 3 N–H and O–H groups in total. The van der Waals surface area contributed by atoms with Crippen LogP contribution in [0.4, 0.5) is 0 Å². The minimum absolute atomic E-state index is 0.402. The van der Waals surface area contributed by atoms with Crippen molar-refractivity contribution >= 4 is 5.96 Å². The molecule has 0 unspecified atom stereocenters. The summed E-state index contributed by atoms with van der Waals surface area (Å²) in [7, 11) is 0. The smallest absolute Gasteiger partial charge is 0.216 e. The Morgan fingerprint density at radius 1 is 1.79 bits per heavy atom. The molecule has 0 aliphatic heterocycles. The fourth-order valence-electron chi connectivity index (χ4n) is 1.11. The maximum absolute atomic E-state index is 5.64. The highest BCUT2D eigenvalue weighted by atomic mass is 16.4. The number of nitrogens with one attached hydrogen (secondary N) is 1. The van der Waals surface area contributed by atoms with Gasteiger partial charge in [-0.15, -0.1) is 0 Å². The molecule has 0 atom stereocenters. The van der Waals surface area contributed by atoms with Crippen molar-refractivity contribution in [2.24, 2.45) is 10.7 Å². The van der Waals surface area contributed by atoms with Crippen molar-refractivity contribution in [2.75, 3.05) is 0 Å². The predicted octanol–water partition coefficient (Wildman–Crippen LogP) is 0.550. The van der Waals surface area contributed by atoms with Gasteiger partial charge >= 0.3 is 0 Å². The van der Waals surface area contributed by atoms with Crippen molar-refractivity contribution in [3.63, 3.8) is 0 Å². The summed E-state index contributed by atoms with van der Waals surface area (Å²) in [5, 5.41) is 3.09. The molecule has 1 aromatic rings. The summed E-state index contributed by atoms with van der Waals surface area (Å²) < 4.78 is 5.25. The molecule has 76 valence electrons. The third kappa shape index (κ3) is 2.48. The van der Waals surface area contributed by atoms with E-state index in [9.17, 15) is 0 Å². The Morgan fingerprint density at radius 2 is 2.57 bits per heavy atom. The quantitative estimate of drug-likeness (QED) is 0.544. The molecule has 0 amide bonds. The molecule has 0 bridgehead atoms. The van der Waals surface area contributed by atoms with Crippen LogP contribution in [0, 0.1) is 6.92 Å². The summed E-state index contributed by atoms with van der Waals surface area (Å²) in [6.45, 7) is 2.26. The second-order valence-electron chi connectivity index (χ2n) is 3.48. The van der Waals surface area contributed by atoms with Crippen LogP contribution in [0.15, 0.2) is 15.6 Å². The second kappa shape index (κ2) is 3.69. The summed E-state index contributed by atoms with van der Waals surface area (Å²) >= 11 is 0. The topological polar surface area (TPSA) is 76.4 Å². The van der Waals surface area contributed by atoms with E-state index in [0.29, 0.717) is 24.4 Å². The zero-order valence-corrected chi connectivity index (χ0v) is 8.16. The largest absolute Gasteiger partial charge is 0.444 e. The molecular weight excluding hydrogens is 180 g/mol. The molecule has 1 aromatic heterocycles. The van der Waals surface area contributed by atoms with Crippen molar-refractivity contribution in [1.29, 1.82) is 0 Å². The van der Waals surface area contributed by atoms with E-state index in [1.807, 2.05) is 6.92 Å². The first kappa shape index (κ1) is 9.05. The molecule has 1 aliphatic carbocycles. The third-order valence-electron chi connectivity index (χ3n) is 1.98. The zero-order chi connectivity index (χ0) is 9.97. The van der Waals surface area contributed by atoms with Crippen molar-refractivity contribution in [1.82, 2.24) is 10.3 Å². The summed E-state index contributed by atoms with van der Waals surface area (Å²) in [6.07, 6.45) is 4.05. The van der Waals surface area contributed by atoms with Gasteiger partial charge in [-0.05, 0) is 19.8 Å². The number of nitrogens with two attached hydrogens (primary N) is 1. The third-order valence-corrected chi connectivity index (χ3v) is 1.98. The van der Waals surface area contributed by atoms with Gasteiger partial charge in [0, 0.05) is 6.04 Å². The normalized spacial score (nSPS) is 17.1. The van der Waals surface area contributed by atoms with Crippen molar-refractivity contribution in [3.8, 4) is 0 Å². The first-order chi connectivity index (χ1) is 6.74. The highest BCUT2D eigenvalue weighted by Crippen LogP contribution is 2.18. The van der Waals surface area contributed by atoms with Crippen LogP contribution in [0.2, 0.25) is 0 Å². The maximum Gasteiger partial charge on any atom is 0.216 e. The van der Waals surface area contributed by atoms with Crippen LogP contribution in [0.1, 0.15) is 24.5 Å². The number of nitrogens with zero attached hydrogens (tertiary/aromatic N) is 2. The standard InChI is InChI=1S/C9H14N4O/c1-6-4-11-8(14-6)5-12-9(10)13-7-2-3-7/h4,7H,2-3,5H2,1H3,(H3,10,12,13). The van der Waals surface area contributed by atoms with Gasteiger partial charge in [0.1, 0.15) is 12.3 Å². The fourth-order valence-corrected chi connectivity index (χ4v) is 1.11. The molecule has 1 fully saturated rings. The number of rotatable bonds is 3. The molecule has 2 rings (SSSR count). The van der Waals surface area contributed by atoms with Crippen LogP contribution in [-0.2, 0) is 6.54 Å². The van der Waals surface area contributed by atoms with Crippen molar-refractivity contribution in [2.45, 2.75) is 32.4 Å². The summed E-state index contributed by atoms with van der Waals surface area (Å²) in [5.41, 5.74) is 5.64. The molecule has 0 radical (unpaired) electrons. The van der Waals surface area contributed by atoms with E-state index in [2.05, 4.69) is 15.3 Å². The highest BCUT2D eigenvalue weighted by molar-refractivity contribution is 5.78. The van der Waals surface area contributed by atoms with Gasteiger partial charge in [0.25, 0.3) is 0 Å². The molecular formula is C9H14N4O. The van der Waals surface area contributed by atoms with Crippen LogP contribution in [0.5, 0.6) is 0 Å².